The van der Waals surface area contributed by atoms with Crippen LogP contribution in [0.25, 0.3) is 0 Å². The Morgan fingerprint density at radius 3 is 2.71 bits per heavy atom. The molecule has 0 heterocycles. The molecule has 0 fully saturated rings. The summed E-state index contributed by atoms with van der Waals surface area (Å²) in [6.45, 7) is -0.0538. The van der Waals surface area contributed by atoms with Crippen LogP contribution in [0.15, 0.2) is 18.2 Å². The summed E-state index contributed by atoms with van der Waals surface area (Å²) in [6.07, 6.45) is -0.801. The highest BCUT2D eigenvalue weighted by atomic mass is 35.5. The summed E-state index contributed by atoms with van der Waals surface area (Å²) >= 11 is 11.6. The minimum atomic E-state index is -0.801. The monoisotopic (exact) mass is 235 g/mol. The van der Waals surface area contributed by atoms with E-state index in [2.05, 4.69) is 5.32 Å². The Bertz CT molecular complexity index is 307. The SMILES string of the molecule is OC[C@@H](O)CNc1cc(Cl)ccc1Cl. The highest BCUT2D eigenvalue weighted by Crippen LogP contribution is 2.25. The van der Waals surface area contributed by atoms with Crippen LogP contribution >= 0.6 is 23.2 Å². The molecule has 3 N–H and O–H groups in total. The summed E-state index contributed by atoms with van der Waals surface area (Å²) < 4.78 is 0. The molecule has 5 heteroatoms. The summed E-state index contributed by atoms with van der Waals surface area (Å²) in [5.74, 6) is 0. The number of aliphatic hydroxyl groups excluding tert-OH is 2. The van der Waals surface area contributed by atoms with Gasteiger partial charge in [0, 0.05) is 11.6 Å². The van der Waals surface area contributed by atoms with E-state index in [1.54, 1.807) is 18.2 Å². The number of rotatable bonds is 4. The van der Waals surface area contributed by atoms with Crippen LogP contribution in [-0.2, 0) is 0 Å². The van der Waals surface area contributed by atoms with Crippen molar-refractivity contribution in [3.05, 3.63) is 28.2 Å². The summed E-state index contributed by atoms with van der Waals surface area (Å²) in [4.78, 5) is 0. The molecule has 1 aromatic rings. The van der Waals surface area contributed by atoms with E-state index in [1.807, 2.05) is 0 Å². The molecule has 1 aromatic carbocycles. The maximum absolute atomic E-state index is 9.09. The van der Waals surface area contributed by atoms with Crippen molar-refractivity contribution in [2.75, 3.05) is 18.5 Å². The van der Waals surface area contributed by atoms with Gasteiger partial charge in [-0.2, -0.15) is 0 Å². The van der Waals surface area contributed by atoms with Crippen molar-refractivity contribution in [2.45, 2.75) is 6.10 Å². The van der Waals surface area contributed by atoms with Gasteiger partial charge in [-0.25, -0.2) is 0 Å². The summed E-state index contributed by atoms with van der Waals surface area (Å²) in [7, 11) is 0. The van der Waals surface area contributed by atoms with Crippen molar-refractivity contribution in [1.29, 1.82) is 0 Å². The Labute approximate surface area is 92.3 Å². The number of anilines is 1. The van der Waals surface area contributed by atoms with Gasteiger partial charge in [0.1, 0.15) is 0 Å². The first-order valence-corrected chi connectivity index (χ1v) is 4.87. The molecule has 14 heavy (non-hydrogen) atoms. The zero-order valence-electron chi connectivity index (χ0n) is 7.37. The molecule has 0 bridgehead atoms. The van der Waals surface area contributed by atoms with Crippen LogP contribution in [0.4, 0.5) is 5.69 Å². The summed E-state index contributed by atoms with van der Waals surface area (Å²) in [5.41, 5.74) is 0.645. The predicted octanol–water partition coefficient (Wildman–Crippen LogP) is 1.76. The normalized spacial score (nSPS) is 12.6. The molecule has 0 aromatic heterocycles. The van der Waals surface area contributed by atoms with Gasteiger partial charge in [-0.1, -0.05) is 23.2 Å². The van der Waals surface area contributed by atoms with Crippen molar-refractivity contribution >= 4 is 28.9 Å². The number of halogens is 2. The third kappa shape index (κ3) is 3.35. The Morgan fingerprint density at radius 1 is 1.36 bits per heavy atom. The van der Waals surface area contributed by atoms with E-state index in [1.165, 1.54) is 0 Å². The number of nitrogens with one attached hydrogen (secondary N) is 1. The van der Waals surface area contributed by atoms with Crippen molar-refractivity contribution < 1.29 is 10.2 Å². The first-order chi connectivity index (χ1) is 6.63. The van der Waals surface area contributed by atoms with Crippen molar-refractivity contribution in [3.63, 3.8) is 0 Å². The first-order valence-electron chi connectivity index (χ1n) is 4.11. The zero-order valence-corrected chi connectivity index (χ0v) is 8.89. The van der Waals surface area contributed by atoms with Gasteiger partial charge in [0.15, 0.2) is 0 Å². The van der Waals surface area contributed by atoms with Crippen molar-refractivity contribution in [2.24, 2.45) is 0 Å². The molecule has 0 saturated heterocycles. The topological polar surface area (TPSA) is 52.5 Å². The Balaban J connectivity index is 2.62. The Kier molecular flexibility index (Phi) is 4.48. The lowest BCUT2D eigenvalue weighted by atomic mass is 10.3. The summed E-state index contributed by atoms with van der Waals surface area (Å²) in [5, 5.41) is 21.6. The van der Waals surface area contributed by atoms with E-state index in [4.69, 9.17) is 33.4 Å². The lowest BCUT2D eigenvalue weighted by Crippen LogP contribution is -2.23. The molecule has 1 rings (SSSR count). The summed E-state index contributed by atoms with van der Waals surface area (Å²) in [6, 6.07) is 5.00. The molecule has 0 spiro atoms. The number of hydrogen-bond donors (Lipinski definition) is 3. The molecule has 0 aliphatic carbocycles. The highest BCUT2D eigenvalue weighted by molar-refractivity contribution is 6.35. The van der Waals surface area contributed by atoms with Crippen LogP contribution in [0.2, 0.25) is 10.0 Å². The second-order valence-electron chi connectivity index (χ2n) is 2.84. The molecule has 0 radical (unpaired) electrons. The molecule has 1 atom stereocenters. The van der Waals surface area contributed by atoms with Gasteiger partial charge in [-0.3, -0.25) is 0 Å². The second kappa shape index (κ2) is 5.41. The Morgan fingerprint density at radius 2 is 2.07 bits per heavy atom. The third-order valence-electron chi connectivity index (χ3n) is 1.67. The van der Waals surface area contributed by atoms with Gasteiger partial charge in [-0.15, -0.1) is 0 Å². The standard InChI is InChI=1S/C9H11Cl2NO2/c10-6-1-2-8(11)9(3-6)12-4-7(14)5-13/h1-3,7,12-14H,4-5H2/t7-/m0/s1. The molecule has 0 aliphatic rings. The largest absolute Gasteiger partial charge is 0.394 e. The third-order valence-corrected chi connectivity index (χ3v) is 2.23. The smallest absolute Gasteiger partial charge is 0.0942 e. The van der Waals surface area contributed by atoms with Crippen LogP contribution in [0.5, 0.6) is 0 Å². The maximum atomic E-state index is 9.09. The molecular formula is C9H11Cl2NO2. The van der Waals surface area contributed by atoms with E-state index in [9.17, 15) is 0 Å². The molecule has 0 unspecified atom stereocenters. The molecule has 78 valence electrons. The molecule has 3 nitrogen and oxygen atoms in total. The molecule has 0 amide bonds. The Hall–Kier alpha value is -0.480. The van der Waals surface area contributed by atoms with Crippen molar-refractivity contribution in [1.82, 2.24) is 0 Å². The second-order valence-corrected chi connectivity index (χ2v) is 3.69. The fourth-order valence-corrected chi connectivity index (χ4v) is 1.28. The average molecular weight is 236 g/mol. The van der Waals surface area contributed by atoms with Gasteiger partial charge >= 0.3 is 0 Å². The van der Waals surface area contributed by atoms with Crippen LogP contribution in [-0.4, -0.2) is 29.5 Å². The van der Waals surface area contributed by atoms with Gasteiger partial charge in [0.25, 0.3) is 0 Å². The van der Waals surface area contributed by atoms with E-state index < -0.39 is 6.10 Å². The molecular weight excluding hydrogens is 225 g/mol. The van der Waals surface area contributed by atoms with Crippen LogP contribution in [0.3, 0.4) is 0 Å². The van der Waals surface area contributed by atoms with Gasteiger partial charge in [-0.05, 0) is 18.2 Å². The van der Waals surface area contributed by atoms with E-state index in [0.29, 0.717) is 15.7 Å². The fourth-order valence-electron chi connectivity index (χ4n) is 0.925. The zero-order chi connectivity index (χ0) is 10.6. The van der Waals surface area contributed by atoms with Gasteiger partial charge in [0.2, 0.25) is 0 Å². The first kappa shape index (κ1) is 11.6. The van der Waals surface area contributed by atoms with Gasteiger partial charge < -0.3 is 15.5 Å². The lowest BCUT2D eigenvalue weighted by molar-refractivity contribution is 0.105. The van der Waals surface area contributed by atoms with Crippen LogP contribution in [0, 0.1) is 0 Å². The maximum Gasteiger partial charge on any atom is 0.0942 e. The quantitative estimate of drug-likeness (QED) is 0.746. The number of aliphatic hydroxyl groups is 2. The highest BCUT2D eigenvalue weighted by Gasteiger charge is 2.04. The number of hydrogen-bond acceptors (Lipinski definition) is 3. The lowest BCUT2D eigenvalue weighted by Gasteiger charge is -2.11. The van der Waals surface area contributed by atoms with E-state index >= 15 is 0 Å². The predicted molar refractivity (Wildman–Crippen MR) is 58.0 cm³/mol. The fraction of sp³-hybridized carbons (Fsp3) is 0.333. The minimum absolute atomic E-state index is 0.233. The van der Waals surface area contributed by atoms with Crippen LogP contribution in [0.1, 0.15) is 0 Å². The number of benzene rings is 1. The van der Waals surface area contributed by atoms with Crippen LogP contribution < -0.4 is 5.32 Å². The molecule has 0 saturated carbocycles. The van der Waals surface area contributed by atoms with E-state index in [-0.39, 0.29) is 13.2 Å². The van der Waals surface area contributed by atoms with Gasteiger partial charge in [0.05, 0.1) is 23.4 Å². The van der Waals surface area contributed by atoms with E-state index in [0.717, 1.165) is 0 Å². The molecule has 0 aliphatic heterocycles. The minimum Gasteiger partial charge on any atom is -0.394 e. The average Bonchev–Trinajstić information content (AvgIpc) is 2.19. The van der Waals surface area contributed by atoms with Crippen molar-refractivity contribution in [3.8, 4) is 0 Å².